The maximum absolute atomic E-state index is 15.1. The van der Waals surface area contributed by atoms with E-state index in [1.165, 1.54) is 48.8 Å². The van der Waals surface area contributed by atoms with Crippen LogP contribution in [0, 0.1) is 17.0 Å². The molecule has 2 fully saturated rings. The van der Waals surface area contributed by atoms with Gasteiger partial charge in [0.05, 0.1) is 24.1 Å². The second-order valence-corrected chi connectivity index (χ2v) is 10.4. The Labute approximate surface area is 263 Å². The number of hydrogen-bond acceptors (Lipinski definition) is 8. The zero-order valence-electron chi connectivity index (χ0n) is 25.3. The maximum Gasteiger partial charge on any atom is 0.248 e. The number of ether oxygens (including phenoxy) is 3. The molecule has 1 aliphatic heterocycles. The predicted octanol–water partition coefficient (Wildman–Crippen LogP) is 5.32. The predicted molar refractivity (Wildman–Crippen MR) is 166 cm³/mol. The Hall–Kier alpha value is -5.17. The summed E-state index contributed by atoms with van der Waals surface area (Å²) in [5.41, 5.74) is -0.256. The molecule has 11 nitrogen and oxygen atoms in total. The maximum atomic E-state index is 15.1. The number of nitrogens with one attached hydrogen (secondary N) is 2. The van der Waals surface area contributed by atoms with E-state index >= 15 is 4.39 Å². The highest BCUT2D eigenvalue weighted by atomic mass is 19.1. The van der Waals surface area contributed by atoms with Gasteiger partial charge in [-0.3, -0.25) is 19.4 Å². The van der Waals surface area contributed by atoms with Crippen LogP contribution < -0.4 is 20.1 Å². The van der Waals surface area contributed by atoms with Crippen molar-refractivity contribution in [3.63, 3.8) is 0 Å². The first-order chi connectivity index (χ1) is 22.3. The third-order valence-electron chi connectivity index (χ3n) is 7.39. The summed E-state index contributed by atoms with van der Waals surface area (Å²) in [7, 11) is 0. The minimum atomic E-state index is -1.29. The molecular weight excluding hydrogens is 600 g/mol. The van der Waals surface area contributed by atoms with Gasteiger partial charge in [-0.05, 0) is 55.3 Å². The summed E-state index contributed by atoms with van der Waals surface area (Å²) >= 11 is 0. The van der Waals surface area contributed by atoms with Crippen LogP contribution in [0.4, 0.5) is 20.2 Å². The molecule has 3 amide bonds. The number of halogens is 2. The Kier molecular flexibility index (Phi) is 10.0. The Morgan fingerprint density at radius 2 is 1.67 bits per heavy atom. The fraction of sp³-hybridized carbons (Fsp3) is 0.303. The van der Waals surface area contributed by atoms with Crippen LogP contribution in [0.2, 0.25) is 0 Å². The zero-order chi connectivity index (χ0) is 32.7. The number of hydrogen-bond donors (Lipinski definition) is 2. The van der Waals surface area contributed by atoms with Crippen molar-refractivity contribution in [2.24, 2.45) is 5.41 Å². The van der Waals surface area contributed by atoms with Crippen molar-refractivity contribution in [1.29, 1.82) is 0 Å². The molecule has 1 saturated heterocycles. The Morgan fingerprint density at radius 3 is 2.37 bits per heavy atom. The third kappa shape index (κ3) is 7.37. The van der Waals surface area contributed by atoms with Crippen molar-refractivity contribution in [3.05, 3.63) is 78.6 Å². The molecular formula is C33H33F2N5O6. The molecule has 0 unspecified atom stereocenters. The third-order valence-corrected chi connectivity index (χ3v) is 7.39. The number of anilines is 2. The molecule has 2 N–H and O–H groups in total. The quantitative estimate of drug-likeness (QED) is 0.224. The molecule has 1 aliphatic carbocycles. The largest absolute Gasteiger partial charge is 0.476 e. The first-order valence-electron chi connectivity index (χ1n) is 14.9. The summed E-state index contributed by atoms with van der Waals surface area (Å²) in [6.45, 7) is 5.71. The lowest BCUT2D eigenvalue weighted by molar-refractivity contribution is -0.143. The van der Waals surface area contributed by atoms with E-state index in [1.807, 2.05) is 13.8 Å². The Balaban J connectivity index is 0.00000204. The number of rotatable bonds is 10. The van der Waals surface area contributed by atoms with Crippen molar-refractivity contribution in [2.75, 3.05) is 43.5 Å². The summed E-state index contributed by atoms with van der Waals surface area (Å²) in [5.74, 6) is -1.82. The van der Waals surface area contributed by atoms with Gasteiger partial charge in [-0.25, -0.2) is 13.8 Å². The normalized spacial score (nSPS) is 15.0. The monoisotopic (exact) mass is 633 g/mol. The average Bonchev–Trinajstić information content (AvgIpc) is 3.88. The van der Waals surface area contributed by atoms with Gasteiger partial charge in [0.2, 0.25) is 23.6 Å². The SMILES string of the molecule is CC.O=C1COCCN1CCOc1cc2nccc(Oc3ccc(NC(=O)C4(C(=O)Nc5ccc(F)cc5)CC4)cc3F)c2cn1. The van der Waals surface area contributed by atoms with Gasteiger partial charge in [0, 0.05) is 42.4 Å². The lowest BCUT2D eigenvalue weighted by Crippen LogP contribution is -2.43. The highest BCUT2D eigenvalue weighted by molar-refractivity contribution is 6.16. The minimum absolute atomic E-state index is 0.0678. The molecule has 3 heterocycles. The molecule has 0 radical (unpaired) electrons. The summed E-state index contributed by atoms with van der Waals surface area (Å²) in [4.78, 5) is 47.9. The van der Waals surface area contributed by atoms with Gasteiger partial charge in [0.1, 0.15) is 30.2 Å². The van der Waals surface area contributed by atoms with E-state index in [-0.39, 0.29) is 30.6 Å². The summed E-state index contributed by atoms with van der Waals surface area (Å²) in [5, 5.41) is 5.76. The number of carbonyl (C=O) groups excluding carboxylic acids is 3. The molecule has 1 saturated carbocycles. The molecule has 0 bridgehead atoms. The van der Waals surface area contributed by atoms with Crippen LogP contribution in [-0.2, 0) is 19.1 Å². The van der Waals surface area contributed by atoms with Gasteiger partial charge < -0.3 is 29.7 Å². The number of nitrogens with zero attached hydrogens (tertiary/aromatic N) is 3. The lowest BCUT2D eigenvalue weighted by atomic mass is 10.0. The first kappa shape index (κ1) is 32.2. The van der Waals surface area contributed by atoms with Gasteiger partial charge in [-0.2, -0.15) is 0 Å². The van der Waals surface area contributed by atoms with Gasteiger partial charge in [0.15, 0.2) is 11.6 Å². The van der Waals surface area contributed by atoms with Crippen molar-refractivity contribution in [3.8, 4) is 17.4 Å². The highest BCUT2D eigenvalue weighted by Crippen LogP contribution is 2.47. The fourth-order valence-corrected chi connectivity index (χ4v) is 4.71. The van der Waals surface area contributed by atoms with Crippen LogP contribution in [0.25, 0.3) is 10.9 Å². The number of morpholine rings is 1. The number of fused-ring (bicyclic) bond motifs is 1. The lowest BCUT2D eigenvalue weighted by Gasteiger charge is -2.26. The molecule has 13 heteroatoms. The van der Waals surface area contributed by atoms with Gasteiger partial charge in [-0.1, -0.05) is 13.8 Å². The highest BCUT2D eigenvalue weighted by Gasteiger charge is 2.56. The first-order valence-corrected chi connectivity index (χ1v) is 14.9. The van der Waals surface area contributed by atoms with Crippen LogP contribution in [0.15, 0.2) is 67.0 Å². The van der Waals surface area contributed by atoms with E-state index in [0.29, 0.717) is 60.8 Å². The smallest absolute Gasteiger partial charge is 0.248 e. The van der Waals surface area contributed by atoms with Crippen LogP contribution in [0.3, 0.4) is 0 Å². The number of amides is 3. The summed E-state index contributed by atoms with van der Waals surface area (Å²) in [6.07, 6.45) is 3.68. The van der Waals surface area contributed by atoms with Gasteiger partial charge in [-0.15, -0.1) is 0 Å². The van der Waals surface area contributed by atoms with E-state index in [9.17, 15) is 18.8 Å². The van der Waals surface area contributed by atoms with E-state index in [4.69, 9.17) is 14.2 Å². The molecule has 2 aromatic heterocycles. The zero-order valence-corrected chi connectivity index (χ0v) is 25.3. The molecule has 240 valence electrons. The summed E-state index contributed by atoms with van der Waals surface area (Å²) in [6, 6.07) is 12.4. The molecule has 0 spiro atoms. The Morgan fingerprint density at radius 1 is 0.957 bits per heavy atom. The van der Waals surface area contributed by atoms with Gasteiger partial charge in [0.25, 0.3) is 0 Å². The molecule has 6 rings (SSSR count). The number of carbonyl (C=O) groups is 3. The number of pyridine rings is 2. The molecule has 0 atom stereocenters. The van der Waals surface area contributed by atoms with Crippen LogP contribution in [-0.4, -0.2) is 65.5 Å². The van der Waals surface area contributed by atoms with Crippen LogP contribution in [0.1, 0.15) is 26.7 Å². The van der Waals surface area contributed by atoms with Crippen molar-refractivity contribution in [2.45, 2.75) is 26.7 Å². The van der Waals surface area contributed by atoms with E-state index in [1.54, 1.807) is 17.0 Å². The van der Waals surface area contributed by atoms with Crippen LogP contribution >= 0.6 is 0 Å². The van der Waals surface area contributed by atoms with Crippen molar-refractivity contribution >= 4 is 40.0 Å². The molecule has 2 aromatic carbocycles. The van der Waals surface area contributed by atoms with E-state index < -0.39 is 28.9 Å². The molecule has 4 aromatic rings. The second kappa shape index (κ2) is 14.3. The van der Waals surface area contributed by atoms with Crippen molar-refractivity contribution < 1.29 is 37.4 Å². The molecule has 2 aliphatic rings. The average molecular weight is 634 g/mol. The standard InChI is InChI=1S/C31H27F2N5O6.C2H6/c32-19-1-3-20(4-2-19)36-29(40)31(8-9-31)30(41)37-21-5-6-26(23(33)15-21)44-25-7-10-34-24-16-27(35-17-22(24)25)43-14-12-38-11-13-42-18-28(38)39;1-2/h1-7,10,15-17H,8-9,11-14,18H2,(H,36,40)(H,37,41);1-2H3. The summed E-state index contributed by atoms with van der Waals surface area (Å²) < 4.78 is 44.9. The molecule has 46 heavy (non-hydrogen) atoms. The Bertz CT molecular complexity index is 1730. The second-order valence-electron chi connectivity index (χ2n) is 10.4. The van der Waals surface area contributed by atoms with E-state index in [2.05, 4.69) is 20.6 Å². The van der Waals surface area contributed by atoms with Crippen molar-refractivity contribution in [1.82, 2.24) is 14.9 Å². The number of benzene rings is 2. The number of aromatic nitrogens is 2. The topological polar surface area (TPSA) is 132 Å². The van der Waals surface area contributed by atoms with Crippen LogP contribution in [0.5, 0.6) is 17.4 Å². The fourth-order valence-electron chi connectivity index (χ4n) is 4.71. The van der Waals surface area contributed by atoms with E-state index in [0.717, 1.165) is 6.07 Å². The van der Waals surface area contributed by atoms with Gasteiger partial charge >= 0.3 is 0 Å². The minimum Gasteiger partial charge on any atom is -0.476 e.